The number of rotatable bonds is 4. The number of carbonyl (C=O) groups is 1. The average molecular weight is 239 g/mol. The lowest BCUT2D eigenvalue weighted by Gasteiger charge is -2.06. The molecule has 86 valence electrons. The summed E-state index contributed by atoms with van der Waals surface area (Å²) < 4.78 is 0. The number of carbonyl (C=O) groups excluding carboxylic acids is 1. The lowest BCUT2D eigenvalue weighted by molar-refractivity contribution is 0.0957. The minimum absolute atomic E-state index is 0.123. The minimum atomic E-state index is -0.123. The number of nitrogens with two attached hydrogens (primary N) is 1. The third kappa shape index (κ3) is 3.68. The third-order valence-corrected chi connectivity index (χ3v) is 2.36. The average Bonchev–Trinajstić information content (AvgIpc) is 2.27. The highest BCUT2D eigenvalue weighted by Gasteiger charge is 2.07. The van der Waals surface area contributed by atoms with E-state index in [1.807, 2.05) is 19.1 Å². The van der Waals surface area contributed by atoms with Crippen molar-refractivity contribution in [3.05, 3.63) is 46.5 Å². The van der Waals surface area contributed by atoms with Crippen LogP contribution in [0.4, 0.5) is 0 Å². The Morgan fingerprint density at radius 3 is 2.94 bits per heavy atom. The van der Waals surface area contributed by atoms with Crippen molar-refractivity contribution in [3.8, 4) is 0 Å². The van der Waals surface area contributed by atoms with Gasteiger partial charge in [0.05, 0.1) is 0 Å². The molecule has 1 aromatic carbocycles. The first kappa shape index (κ1) is 12.7. The van der Waals surface area contributed by atoms with Gasteiger partial charge in [-0.15, -0.1) is 0 Å². The first-order valence-electron chi connectivity index (χ1n) is 5.04. The summed E-state index contributed by atoms with van der Waals surface area (Å²) in [5.41, 5.74) is 6.80. The van der Waals surface area contributed by atoms with E-state index in [0.29, 0.717) is 23.7 Å². The molecule has 1 rings (SSSR count). The Morgan fingerprint density at radius 2 is 2.25 bits per heavy atom. The summed E-state index contributed by atoms with van der Waals surface area (Å²) in [4.78, 5) is 11.7. The van der Waals surface area contributed by atoms with Crippen LogP contribution < -0.4 is 11.1 Å². The Bertz CT molecular complexity index is 402. The topological polar surface area (TPSA) is 55.1 Å². The lowest BCUT2D eigenvalue weighted by Crippen LogP contribution is -2.24. The molecule has 0 bridgehead atoms. The van der Waals surface area contributed by atoms with Crippen LogP contribution in [0.25, 0.3) is 0 Å². The molecule has 4 heteroatoms. The molecule has 0 fully saturated rings. The fourth-order valence-corrected chi connectivity index (χ4v) is 1.44. The number of benzene rings is 1. The van der Waals surface area contributed by atoms with Crippen LogP contribution in [-0.4, -0.2) is 19.0 Å². The van der Waals surface area contributed by atoms with E-state index in [0.717, 1.165) is 5.56 Å². The molecule has 0 aliphatic carbocycles. The molecule has 0 aliphatic rings. The number of nitrogens with one attached hydrogen (secondary N) is 1. The van der Waals surface area contributed by atoms with Crippen molar-refractivity contribution in [1.82, 2.24) is 5.32 Å². The Balaban J connectivity index is 2.65. The molecule has 16 heavy (non-hydrogen) atoms. The number of halogens is 1. The van der Waals surface area contributed by atoms with Gasteiger partial charge in [-0.25, -0.2) is 0 Å². The van der Waals surface area contributed by atoms with Crippen molar-refractivity contribution in [2.45, 2.75) is 6.92 Å². The van der Waals surface area contributed by atoms with Gasteiger partial charge in [-0.05, 0) is 24.6 Å². The fraction of sp³-hybridized carbons (Fsp3) is 0.250. The summed E-state index contributed by atoms with van der Waals surface area (Å²) in [5.74, 6) is -0.123. The molecule has 0 heterocycles. The highest BCUT2D eigenvalue weighted by Crippen LogP contribution is 2.15. The molecular formula is C12H15ClN2O. The Hall–Kier alpha value is -1.32. The maximum absolute atomic E-state index is 11.7. The molecule has 0 radical (unpaired) electrons. The van der Waals surface area contributed by atoms with Crippen molar-refractivity contribution in [1.29, 1.82) is 0 Å². The first-order valence-corrected chi connectivity index (χ1v) is 5.42. The SMILES string of the molecule is Cc1ccc(Cl)cc1C(=O)NC/C=C/CN. The first-order chi connectivity index (χ1) is 7.65. The van der Waals surface area contributed by atoms with Crippen LogP contribution in [0.15, 0.2) is 30.4 Å². The van der Waals surface area contributed by atoms with Gasteiger partial charge in [0, 0.05) is 23.7 Å². The summed E-state index contributed by atoms with van der Waals surface area (Å²) in [5, 5.41) is 3.33. The summed E-state index contributed by atoms with van der Waals surface area (Å²) >= 11 is 5.83. The molecule has 3 N–H and O–H groups in total. The van der Waals surface area contributed by atoms with E-state index in [1.165, 1.54) is 0 Å². The largest absolute Gasteiger partial charge is 0.349 e. The minimum Gasteiger partial charge on any atom is -0.349 e. The smallest absolute Gasteiger partial charge is 0.251 e. The zero-order chi connectivity index (χ0) is 12.0. The standard InChI is InChI=1S/C12H15ClN2O/c1-9-4-5-10(13)8-11(9)12(16)15-7-3-2-6-14/h2-5,8H,6-7,14H2,1H3,(H,15,16)/b3-2+. The summed E-state index contributed by atoms with van der Waals surface area (Å²) in [6, 6.07) is 5.26. The summed E-state index contributed by atoms with van der Waals surface area (Å²) in [6.45, 7) is 2.83. The summed E-state index contributed by atoms with van der Waals surface area (Å²) in [6.07, 6.45) is 3.61. The third-order valence-electron chi connectivity index (χ3n) is 2.13. The van der Waals surface area contributed by atoms with Crippen LogP contribution in [0, 0.1) is 6.92 Å². The molecule has 0 spiro atoms. The predicted molar refractivity (Wildman–Crippen MR) is 66.7 cm³/mol. The molecule has 0 aliphatic heterocycles. The second-order valence-corrected chi connectivity index (χ2v) is 3.81. The molecular weight excluding hydrogens is 224 g/mol. The molecule has 0 unspecified atom stereocenters. The van der Waals surface area contributed by atoms with Crippen LogP contribution in [0.5, 0.6) is 0 Å². The number of hydrogen-bond acceptors (Lipinski definition) is 2. The van der Waals surface area contributed by atoms with Crippen LogP contribution in [0.1, 0.15) is 15.9 Å². The van der Waals surface area contributed by atoms with Gasteiger partial charge in [0.15, 0.2) is 0 Å². The Kier molecular flexibility index (Phi) is 5.02. The number of hydrogen-bond donors (Lipinski definition) is 2. The molecule has 0 atom stereocenters. The molecule has 1 aromatic rings. The summed E-state index contributed by atoms with van der Waals surface area (Å²) in [7, 11) is 0. The van der Waals surface area contributed by atoms with Gasteiger partial charge in [-0.3, -0.25) is 4.79 Å². The van der Waals surface area contributed by atoms with Gasteiger partial charge in [0.2, 0.25) is 0 Å². The number of amides is 1. The van der Waals surface area contributed by atoms with Crippen molar-refractivity contribution in [3.63, 3.8) is 0 Å². The molecule has 0 saturated carbocycles. The van der Waals surface area contributed by atoms with Gasteiger partial charge in [0.1, 0.15) is 0 Å². The Labute approximate surface area is 100 Å². The van der Waals surface area contributed by atoms with Gasteiger partial charge in [-0.1, -0.05) is 29.8 Å². The molecule has 0 aromatic heterocycles. The second kappa shape index (κ2) is 6.30. The van der Waals surface area contributed by atoms with Crippen LogP contribution in [0.2, 0.25) is 5.02 Å². The zero-order valence-electron chi connectivity index (χ0n) is 9.16. The highest BCUT2D eigenvalue weighted by atomic mass is 35.5. The van der Waals surface area contributed by atoms with Gasteiger partial charge < -0.3 is 11.1 Å². The van der Waals surface area contributed by atoms with E-state index in [4.69, 9.17) is 17.3 Å². The second-order valence-electron chi connectivity index (χ2n) is 3.38. The zero-order valence-corrected chi connectivity index (χ0v) is 9.92. The Morgan fingerprint density at radius 1 is 1.50 bits per heavy atom. The van der Waals surface area contributed by atoms with Gasteiger partial charge in [0.25, 0.3) is 5.91 Å². The van der Waals surface area contributed by atoms with E-state index in [-0.39, 0.29) is 5.91 Å². The fourth-order valence-electron chi connectivity index (χ4n) is 1.27. The van der Waals surface area contributed by atoms with E-state index in [9.17, 15) is 4.79 Å². The van der Waals surface area contributed by atoms with Gasteiger partial charge in [-0.2, -0.15) is 0 Å². The van der Waals surface area contributed by atoms with Crippen molar-refractivity contribution >= 4 is 17.5 Å². The lowest BCUT2D eigenvalue weighted by atomic mass is 10.1. The maximum Gasteiger partial charge on any atom is 0.251 e. The number of aryl methyl sites for hydroxylation is 1. The highest BCUT2D eigenvalue weighted by molar-refractivity contribution is 6.31. The quantitative estimate of drug-likeness (QED) is 0.788. The van der Waals surface area contributed by atoms with Crippen LogP contribution in [-0.2, 0) is 0 Å². The van der Waals surface area contributed by atoms with Gasteiger partial charge >= 0.3 is 0 Å². The van der Waals surface area contributed by atoms with E-state index >= 15 is 0 Å². The molecule has 0 saturated heterocycles. The van der Waals surface area contributed by atoms with Crippen molar-refractivity contribution in [2.75, 3.05) is 13.1 Å². The predicted octanol–water partition coefficient (Wildman–Crippen LogP) is 1.89. The van der Waals surface area contributed by atoms with E-state index in [2.05, 4.69) is 5.32 Å². The van der Waals surface area contributed by atoms with E-state index in [1.54, 1.807) is 18.2 Å². The maximum atomic E-state index is 11.7. The van der Waals surface area contributed by atoms with Crippen molar-refractivity contribution in [2.24, 2.45) is 5.73 Å². The van der Waals surface area contributed by atoms with E-state index < -0.39 is 0 Å². The monoisotopic (exact) mass is 238 g/mol. The van der Waals surface area contributed by atoms with Crippen molar-refractivity contribution < 1.29 is 4.79 Å². The normalized spacial score (nSPS) is 10.7. The van der Waals surface area contributed by atoms with Crippen LogP contribution >= 0.6 is 11.6 Å². The molecule has 1 amide bonds. The van der Waals surface area contributed by atoms with Crippen LogP contribution in [0.3, 0.4) is 0 Å². The molecule has 3 nitrogen and oxygen atoms in total.